The third-order valence-corrected chi connectivity index (χ3v) is 4.93. The fourth-order valence-electron chi connectivity index (χ4n) is 3.53. The van der Waals surface area contributed by atoms with Crippen molar-refractivity contribution >= 4 is 5.82 Å². The number of hydrogen-bond donors (Lipinski definition) is 0. The maximum absolute atomic E-state index is 6.10. The highest BCUT2D eigenvalue weighted by Crippen LogP contribution is 2.38. The van der Waals surface area contributed by atoms with Crippen LogP contribution < -0.4 is 9.64 Å². The second kappa shape index (κ2) is 6.67. The quantitative estimate of drug-likeness (QED) is 0.858. The largest absolute Gasteiger partial charge is 0.475 e. The number of nitrogens with zero attached hydrogens (tertiary/aromatic N) is 4. The number of rotatable bonds is 3. The van der Waals surface area contributed by atoms with Gasteiger partial charge < -0.3 is 14.4 Å². The summed E-state index contributed by atoms with van der Waals surface area (Å²) in [6.07, 6.45) is 3.19. The van der Waals surface area contributed by atoms with Gasteiger partial charge in [0, 0.05) is 43.4 Å². The van der Waals surface area contributed by atoms with E-state index in [1.54, 1.807) is 0 Å². The van der Waals surface area contributed by atoms with Gasteiger partial charge in [-0.05, 0) is 25.0 Å². The summed E-state index contributed by atoms with van der Waals surface area (Å²) in [7, 11) is 0. The molecule has 0 saturated carbocycles. The van der Waals surface area contributed by atoms with Gasteiger partial charge in [-0.2, -0.15) is 5.10 Å². The molecule has 0 bridgehead atoms. The molecule has 0 aliphatic carbocycles. The lowest BCUT2D eigenvalue weighted by atomic mass is 9.99. The van der Waals surface area contributed by atoms with Crippen molar-refractivity contribution in [2.24, 2.45) is 0 Å². The monoisotopic (exact) mass is 342 g/mol. The number of ether oxygens (including phenoxy) is 2. The Morgan fingerprint density at radius 3 is 2.64 bits per heavy atom. The van der Waals surface area contributed by atoms with Crippen LogP contribution in [0.1, 0.15) is 38.7 Å². The first-order valence-corrected chi connectivity index (χ1v) is 9.20. The molecule has 4 heterocycles. The van der Waals surface area contributed by atoms with E-state index in [1.165, 1.54) is 5.56 Å². The van der Waals surface area contributed by atoms with E-state index in [4.69, 9.17) is 14.6 Å². The van der Waals surface area contributed by atoms with Crippen molar-refractivity contribution in [3.05, 3.63) is 23.9 Å². The Bertz CT molecular complexity index is 733. The highest BCUT2D eigenvalue weighted by molar-refractivity contribution is 5.67. The standard InChI is InChI=1S/C19H26N4O2/c1-13(2)17-18(21-23-7-6-14(3)25-19(17)23)15-4-5-16(20-12-15)22-8-10-24-11-9-22/h4-5,12-14H,6-11H2,1-3H3/t14-/m1/s1. The molecule has 134 valence electrons. The van der Waals surface area contributed by atoms with Crippen LogP contribution in [0.15, 0.2) is 18.3 Å². The molecule has 4 rings (SSSR count). The van der Waals surface area contributed by atoms with E-state index in [0.29, 0.717) is 5.92 Å². The molecule has 2 aliphatic rings. The van der Waals surface area contributed by atoms with Gasteiger partial charge in [0.15, 0.2) is 0 Å². The van der Waals surface area contributed by atoms with Crippen LogP contribution in [0, 0.1) is 0 Å². The van der Waals surface area contributed by atoms with Gasteiger partial charge in [0.25, 0.3) is 0 Å². The minimum Gasteiger partial charge on any atom is -0.475 e. The van der Waals surface area contributed by atoms with Crippen molar-refractivity contribution in [3.8, 4) is 17.1 Å². The molecule has 0 aromatic carbocycles. The maximum atomic E-state index is 6.10. The highest BCUT2D eigenvalue weighted by Gasteiger charge is 2.27. The summed E-state index contributed by atoms with van der Waals surface area (Å²) in [5.41, 5.74) is 3.24. The predicted octanol–water partition coefficient (Wildman–Crippen LogP) is 3.08. The average molecular weight is 342 g/mol. The summed E-state index contributed by atoms with van der Waals surface area (Å²) in [5, 5.41) is 4.84. The molecule has 25 heavy (non-hydrogen) atoms. The minimum absolute atomic E-state index is 0.247. The maximum Gasteiger partial charge on any atom is 0.216 e. The van der Waals surface area contributed by atoms with Crippen LogP contribution in [0.25, 0.3) is 11.3 Å². The minimum atomic E-state index is 0.247. The zero-order valence-corrected chi connectivity index (χ0v) is 15.2. The molecule has 0 N–H and O–H groups in total. The van der Waals surface area contributed by atoms with Crippen molar-refractivity contribution < 1.29 is 9.47 Å². The number of hydrogen-bond acceptors (Lipinski definition) is 5. The summed E-state index contributed by atoms with van der Waals surface area (Å²) in [4.78, 5) is 6.94. The van der Waals surface area contributed by atoms with Gasteiger partial charge in [0.1, 0.15) is 11.5 Å². The van der Waals surface area contributed by atoms with Crippen LogP contribution in [0.5, 0.6) is 5.88 Å². The SMILES string of the molecule is CC(C)c1c(-c2ccc(N3CCOCC3)nc2)nn2c1O[C@H](C)CC2. The Hall–Kier alpha value is -2.08. The summed E-state index contributed by atoms with van der Waals surface area (Å²) in [5.74, 6) is 2.29. The van der Waals surface area contributed by atoms with Crippen LogP contribution >= 0.6 is 0 Å². The van der Waals surface area contributed by atoms with Gasteiger partial charge >= 0.3 is 0 Å². The summed E-state index contributed by atoms with van der Waals surface area (Å²) >= 11 is 0. The molecule has 2 aliphatic heterocycles. The molecule has 2 aromatic rings. The molecule has 0 spiro atoms. The Morgan fingerprint density at radius 2 is 1.96 bits per heavy atom. The van der Waals surface area contributed by atoms with E-state index < -0.39 is 0 Å². The molecule has 6 heteroatoms. The lowest BCUT2D eigenvalue weighted by molar-refractivity contribution is 0.122. The van der Waals surface area contributed by atoms with E-state index in [-0.39, 0.29) is 6.10 Å². The lowest BCUT2D eigenvalue weighted by Gasteiger charge is -2.27. The zero-order chi connectivity index (χ0) is 17.4. The van der Waals surface area contributed by atoms with Gasteiger partial charge in [-0.3, -0.25) is 0 Å². The fraction of sp³-hybridized carbons (Fsp3) is 0.579. The first kappa shape index (κ1) is 16.4. The number of anilines is 1. The Morgan fingerprint density at radius 1 is 1.16 bits per heavy atom. The first-order chi connectivity index (χ1) is 12.1. The summed E-state index contributed by atoms with van der Waals surface area (Å²) in [6, 6.07) is 4.22. The van der Waals surface area contributed by atoms with Crippen molar-refractivity contribution in [2.45, 2.75) is 45.8 Å². The van der Waals surface area contributed by atoms with E-state index >= 15 is 0 Å². The molecule has 1 saturated heterocycles. The van der Waals surface area contributed by atoms with Crippen LogP contribution in [-0.2, 0) is 11.3 Å². The van der Waals surface area contributed by atoms with E-state index in [1.807, 2.05) is 10.9 Å². The molecule has 2 aromatic heterocycles. The molecular formula is C19H26N4O2. The molecule has 1 atom stereocenters. The molecule has 6 nitrogen and oxygen atoms in total. The Labute approximate surface area is 148 Å². The normalized spacial score (nSPS) is 20.5. The predicted molar refractivity (Wildman–Crippen MR) is 97.3 cm³/mol. The number of morpholine rings is 1. The van der Waals surface area contributed by atoms with E-state index in [9.17, 15) is 0 Å². The van der Waals surface area contributed by atoms with Crippen molar-refractivity contribution in [1.82, 2.24) is 14.8 Å². The van der Waals surface area contributed by atoms with E-state index in [0.717, 1.165) is 62.2 Å². The smallest absolute Gasteiger partial charge is 0.216 e. The van der Waals surface area contributed by atoms with Crippen LogP contribution in [0.4, 0.5) is 5.82 Å². The summed E-state index contributed by atoms with van der Waals surface area (Å²) < 4.78 is 13.5. The Kier molecular flexibility index (Phi) is 4.37. The average Bonchev–Trinajstić information content (AvgIpc) is 3.01. The van der Waals surface area contributed by atoms with Crippen molar-refractivity contribution in [1.29, 1.82) is 0 Å². The second-order valence-electron chi connectivity index (χ2n) is 7.17. The fourth-order valence-corrected chi connectivity index (χ4v) is 3.53. The number of aromatic nitrogens is 3. The van der Waals surface area contributed by atoms with Gasteiger partial charge in [-0.15, -0.1) is 0 Å². The highest BCUT2D eigenvalue weighted by atomic mass is 16.5. The second-order valence-corrected chi connectivity index (χ2v) is 7.17. The summed E-state index contributed by atoms with van der Waals surface area (Å²) in [6.45, 7) is 10.8. The van der Waals surface area contributed by atoms with Crippen LogP contribution in [0.3, 0.4) is 0 Å². The topological polar surface area (TPSA) is 52.4 Å². The lowest BCUT2D eigenvalue weighted by Crippen LogP contribution is -2.36. The van der Waals surface area contributed by atoms with E-state index in [2.05, 4.69) is 42.8 Å². The third kappa shape index (κ3) is 3.11. The van der Waals surface area contributed by atoms with Crippen molar-refractivity contribution in [2.75, 3.05) is 31.2 Å². The molecule has 1 fully saturated rings. The van der Waals surface area contributed by atoms with Gasteiger partial charge in [-0.1, -0.05) is 13.8 Å². The number of pyridine rings is 1. The Balaban J connectivity index is 1.67. The molecule has 0 radical (unpaired) electrons. The number of fused-ring (bicyclic) bond motifs is 1. The first-order valence-electron chi connectivity index (χ1n) is 9.20. The van der Waals surface area contributed by atoms with Gasteiger partial charge in [0.05, 0.1) is 19.3 Å². The zero-order valence-electron chi connectivity index (χ0n) is 15.2. The van der Waals surface area contributed by atoms with Gasteiger partial charge in [0.2, 0.25) is 5.88 Å². The third-order valence-electron chi connectivity index (χ3n) is 4.93. The van der Waals surface area contributed by atoms with Crippen molar-refractivity contribution in [3.63, 3.8) is 0 Å². The van der Waals surface area contributed by atoms with Crippen LogP contribution in [-0.4, -0.2) is 47.2 Å². The number of aryl methyl sites for hydroxylation is 1. The molecule has 0 unspecified atom stereocenters. The molecular weight excluding hydrogens is 316 g/mol. The van der Waals surface area contributed by atoms with Crippen LogP contribution in [0.2, 0.25) is 0 Å². The molecule has 0 amide bonds. The van der Waals surface area contributed by atoms with Gasteiger partial charge in [-0.25, -0.2) is 9.67 Å².